The van der Waals surface area contributed by atoms with Gasteiger partial charge in [-0.2, -0.15) is 0 Å². The molecule has 0 radical (unpaired) electrons. The number of phenolic OH excluding ortho intramolecular Hbond substituents is 3. The van der Waals surface area contributed by atoms with E-state index < -0.39 is 8.60 Å². The summed E-state index contributed by atoms with van der Waals surface area (Å²) in [5.41, 5.74) is 2.44. The monoisotopic (exact) mass is 526 g/mol. The summed E-state index contributed by atoms with van der Waals surface area (Å²) in [6, 6.07) is 15.4. The Hall–Kier alpha value is -3.11. The van der Waals surface area contributed by atoms with Crippen molar-refractivity contribution in [3.8, 4) is 34.5 Å². The molecule has 3 N–H and O–H groups in total. The van der Waals surface area contributed by atoms with Gasteiger partial charge in [0, 0.05) is 0 Å². The van der Waals surface area contributed by atoms with E-state index in [1.807, 2.05) is 18.2 Å². The number of aromatic hydroxyl groups is 3. The van der Waals surface area contributed by atoms with Crippen molar-refractivity contribution in [2.45, 2.75) is 78.6 Å². The van der Waals surface area contributed by atoms with Gasteiger partial charge in [-0.15, -0.1) is 0 Å². The lowest BCUT2D eigenvalue weighted by Crippen LogP contribution is -2.03. The molecule has 0 amide bonds. The average molecular weight is 527 g/mol. The number of unbranched alkanes of at least 4 members (excludes halogenated alkanes) is 3. The summed E-state index contributed by atoms with van der Waals surface area (Å²) in [6.07, 6.45) is 8.18. The van der Waals surface area contributed by atoms with Crippen molar-refractivity contribution in [1.82, 2.24) is 0 Å². The third-order valence-electron chi connectivity index (χ3n) is 6.09. The summed E-state index contributed by atoms with van der Waals surface area (Å²) in [7, 11) is -1.94. The number of benzene rings is 3. The molecular formula is C30H39O6P. The molecule has 0 bridgehead atoms. The normalized spacial score (nSPS) is 11.0. The van der Waals surface area contributed by atoms with E-state index in [1.54, 1.807) is 36.4 Å². The minimum atomic E-state index is -1.94. The molecule has 0 aromatic heterocycles. The molecule has 0 unspecified atom stereocenters. The number of hydrogen-bond donors (Lipinski definition) is 3. The maximum atomic E-state index is 10.3. The lowest BCUT2D eigenvalue weighted by molar-refractivity contribution is 0.385. The van der Waals surface area contributed by atoms with E-state index in [0.717, 1.165) is 74.5 Å². The van der Waals surface area contributed by atoms with Gasteiger partial charge in [0.1, 0.15) is 34.5 Å². The van der Waals surface area contributed by atoms with Crippen LogP contribution in [-0.2, 0) is 19.3 Å². The third kappa shape index (κ3) is 8.75. The first-order chi connectivity index (χ1) is 17.9. The van der Waals surface area contributed by atoms with Crippen LogP contribution in [-0.4, -0.2) is 15.3 Å². The van der Waals surface area contributed by atoms with Crippen LogP contribution in [0.15, 0.2) is 54.6 Å². The second kappa shape index (κ2) is 14.6. The van der Waals surface area contributed by atoms with Crippen LogP contribution >= 0.6 is 8.60 Å². The van der Waals surface area contributed by atoms with Crippen LogP contribution in [0.1, 0.15) is 76.0 Å². The summed E-state index contributed by atoms with van der Waals surface area (Å²) < 4.78 is 18.6. The molecule has 0 saturated heterocycles. The molecule has 0 saturated carbocycles. The maximum Gasteiger partial charge on any atom is 0.530 e. The van der Waals surface area contributed by atoms with E-state index in [-0.39, 0.29) is 17.2 Å². The molecule has 3 aromatic carbocycles. The highest BCUT2D eigenvalue weighted by molar-refractivity contribution is 7.43. The van der Waals surface area contributed by atoms with Gasteiger partial charge in [-0.1, -0.05) is 40.0 Å². The predicted molar refractivity (Wildman–Crippen MR) is 149 cm³/mol. The fourth-order valence-electron chi connectivity index (χ4n) is 3.87. The van der Waals surface area contributed by atoms with Gasteiger partial charge in [-0.3, -0.25) is 0 Å². The largest absolute Gasteiger partial charge is 0.530 e. The minimum Gasteiger partial charge on any atom is -0.508 e. The summed E-state index contributed by atoms with van der Waals surface area (Å²) in [6.45, 7) is 6.32. The van der Waals surface area contributed by atoms with E-state index in [2.05, 4.69) is 20.8 Å². The molecular weight excluding hydrogens is 487 g/mol. The second-order valence-electron chi connectivity index (χ2n) is 9.18. The van der Waals surface area contributed by atoms with Gasteiger partial charge >= 0.3 is 8.60 Å². The molecule has 0 spiro atoms. The standard InChI is InChI=1S/C30H39O6P/c1-4-7-10-22-19-25(13-16-28(22)31)34-37(35-26-14-17-29(32)23(20-26)11-8-5-2)36-27-15-18-30(33)24(21-27)12-9-6-3/h13-21,31-33H,4-12H2,1-3H3. The van der Waals surface area contributed by atoms with Gasteiger partial charge in [-0.05, 0) is 110 Å². The number of phenols is 3. The first-order valence-corrected chi connectivity index (χ1v) is 14.3. The Balaban J connectivity index is 1.87. The Morgan fingerprint density at radius 3 is 1.08 bits per heavy atom. The molecule has 0 fully saturated rings. The quantitative estimate of drug-likeness (QED) is 0.172. The van der Waals surface area contributed by atoms with E-state index in [9.17, 15) is 15.3 Å². The van der Waals surface area contributed by atoms with Crippen molar-refractivity contribution in [3.63, 3.8) is 0 Å². The lowest BCUT2D eigenvalue weighted by atomic mass is 10.1. The zero-order valence-corrected chi connectivity index (χ0v) is 23.0. The van der Waals surface area contributed by atoms with Crippen molar-refractivity contribution >= 4 is 8.60 Å². The molecule has 6 nitrogen and oxygen atoms in total. The van der Waals surface area contributed by atoms with Gasteiger partial charge in [0.05, 0.1) is 0 Å². The molecule has 200 valence electrons. The number of rotatable bonds is 15. The van der Waals surface area contributed by atoms with Gasteiger partial charge in [0.2, 0.25) is 0 Å². The van der Waals surface area contributed by atoms with Gasteiger partial charge < -0.3 is 28.9 Å². The molecule has 3 rings (SSSR count). The van der Waals surface area contributed by atoms with Crippen LogP contribution < -0.4 is 13.6 Å². The number of hydrogen-bond acceptors (Lipinski definition) is 6. The van der Waals surface area contributed by atoms with E-state index in [0.29, 0.717) is 17.2 Å². The van der Waals surface area contributed by atoms with Crippen molar-refractivity contribution in [2.75, 3.05) is 0 Å². The van der Waals surface area contributed by atoms with Crippen LogP contribution in [0.2, 0.25) is 0 Å². The van der Waals surface area contributed by atoms with Crippen LogP contribution in [0.4, 0.5) is 0 Å². The van der Waals surface area contributed by atoms with Crippen molar-refractivity contribution in [2.24, 2.45) is 0 Å². The summed E-state index contributed by atoms with van der Waals surface area (Å²) in [5.74, 6) is 2.32. The summed E-state index contributed by atoms with van der Waals surface area (Å²) in [5, 5.41) is 30.8. The molecule has 0 aliphatic carbocycles. The highest BCUT2D eigenvalue weighted by Crippen LogP contribution is 2.44. The summed E-state index contributed by atoms with van der Waals surface area (Å²) in [4.78, 5) is 0. The Morgan fingerprint density at radius 2 is 0.811 bits per heavy atom. The fraction of sp³-hybridized carbons (Fsp3) is 0.400. The summed E-state index contributed by atoms with van der Waals surface area (Å²) >= 11 is 0. The Kier molecular flexibility index (Phi) is 11.2. The molecule has 0 atom stereocenters. The topological polar surface area (TPSA) is 88.4 Å². The molecule has 37 heavy (non-hydrogen) atoms. The highest BCUT2D eigenvalue weighted by Gasteiger charge is 2.22. The van der Waals surface area contributed by atoms with Crippen molar-refractivity contribution in [3.05, 3.63) is 71.3 Å². The van der Waals surface area contributed by atoms with E-state index in [1.165, 1.54) is 0 Å². The van der Waals surface area contributed by atoms with Gasteiger partial charge in [-0.25, -0.2) is 0 Å². The Morgan fingerprint density at radius 1 is 0.514 bits per heavy atom. The smallest absolute Gasteiger partial charge is 0.508 e. The van der Waals surface area contributed by atoms with Crippen LogP contribution in [0.25, 0.3) is 0 Å². The third-order valence-corrected chi connectivity index (χ3v) is 7.17. The van der Waals surface area contributed by atoms with Gasteiger partial charge in [0.25, 0.3) is 0 Å². The Bertz CT molecular complexity index is 992. The molecule has 0 aliphatic rings. The van der Waals surface area contributed by atoms with Gasteiger partial charge in [0.15, 0.2) is 0 Å². The number of aryl methyl sites for hydroxylation is 3. The highest BCUT2D eigenvalue weighted by atomic mass is 31.2. The SMILES string of the molecule is CCCCc1cc(OP(Oc2ccc(O)c(CCCC)c2)Oc2ccc(O)c(CCCC)c2)ccc1O. The molecule has 3 aromatic rings. The molecule has 0 heterocycles. The lowest BCUT2D eigenvalue weighted by Gasteiger charge is -2.19. The van der Waals surface area contributed by atoms with E-state index in [4.69, 9.17) is 13.6 Å². The predicted octanol–water partition coefficient (Wildman–Crippen LogP) is 8.59. The first kappa shape index (κ1) is 28.5. The zero-order chi connectivity index (χ0) is 26.6. The van der Waals surface area contributed by atoms with Crippen LogP contribution in [0.5, 0.6) is 34.5 Å². The fourth-order valence-corrected chi connectivity index (χ4v) is 4.84. The molecule has 7 heteroatoms. The molecule has 0 aliphatic heterocycles. The Labute approximate surface area is 221 Å². The van der Waals surface area contributed by atoms with Crippen molar-refractivity contribution < 1.29 is 28.9 Å². The van der Waals surface area contributed by atoms with E-state index >= 15 is 0 Å². The van der Waals surface area contributed by atoms with Crippen LogP contribution in [0.3, 0.4) is 0 Å². The first-order valence-electron chi connectivity index (χ1n) is 13.2. The zero-order valence-electron chi connectivity index (χ0n) is 22.1. The van der Waals surface area contributed by atoms with Crippen LogP contribution in [0, 0.1) is 0 Å². The maximum absolute atomic E-state index is 10.3. The second-order valence-corrected chi connectivity index (χ2v) is 10.2. The van der Waals surface area contributed by atoms with Crippen molar-refractivity contribution in [1.29, 1.82) is 0 Å². The minimum absolute atomic E-state index is 0.241. The average Bonchev–Trinajstić information content (AvgIpc) is 2.89.